The van der Waals surface area contributed by atoms with Gasteiger partial charge in [0.05, 0.1) is 18.8 Å². The molecule has 2 aromatic rings. The Morgan fingerprint density at radius 2 is 1.90 bits per heavy atom. The Balaban J connectivity index is 2.25. The Bertz CT molecular complexity index is 592. The lowest BCUT2D eigenvalue weighted by Gasteiger charge is -2.07. The summed E-state index contributed by atoms with van der Waals surface area (Å²) in [5.74, 6) is -1.10. The number of nitrogens with two attached hydrogens (primary N) is 1. The number of aromatic carboxylic acids is 1. The van der Waals surface area contributed by atoms with Crippen molar-refractivity contribution in [3.05, 3.63) is 46.8 Å². The van der Waals surface area contributed by atoms with Crippen LogP contribution in [0.1, 0.15) is 27.3 Å². The van der Waals surface area contributed by atoms with Crippen molar-refractivity contribution in [2.45, 2.75) is 19.6 Å². The highest BCUT2D eigenvalue weighted by atomic mass is 16.4. The van der Waals surface area contributed by atoms with Crippen molar-refractivity contribution < 1.29 is 15.0 Å². The highest BCUT2D eigenvalue weighted by Gasteiger charge is 2.18. The summed E-state index contributed by atoms with van der Waals surface area (Å²) in [6, 6.07) is 7.35. The quantitative estimate of drug-likeness (QED) is 0.685. The van der Waals surface area contributed by atoms with Crippen LogP contribution >= 0.6 is 0 Å². The second-order valence-electron chi connectivity index (χ2n) is 4.36. The summed E-state index contributed by atoms with van der Waals surface area (Å²) in [6.07, 6.45) is 0.406. The number of carboxylic acids is 1. The molecule has 0 unspecified atom stereocenters. The lowest BCUT2D eigenvalue weighted by atomic mass is 10.1. The third kappa shape index (κ3) is 3.01. The van der Waals surface area contributed by atoms with Gasteiger partial charge in [0.15, 0.2) is 5.69 Å². The molecule has 4 N–H and O–H groups in total. The monoisotopic (exact) mass is 276 g/mol. The molecule has 0 saturated carbocycles. The number of aliphatic hydroxyl groups is 1. The van der Waals surface area contributed by atoms with Crippen molar-refractivity contribution in [3.8, 4) is 0 Å². The number of carboxylic acid groups (broad SMARTS) is 1. The number of aromatic nitrogens is 3. The highest BCUT2D eigenvalue weighted by molar-refractivity contribution is 5.86. The van der Waals surface area contributed by atoms with Gasteiger partial charge in [-0.3, -0.25) is 0 Å². The first-order valence-electron chi connectivity index (χ1n) is 6.20. The van der Waals surface area contributed by atoms with Gasteiger partial charge in [0.2, 0.25) is 0 Å². The third-order valence-electron chi connectivity index (χ3n) is 2.96. The van der Waals surface area contributed by atoms with Crippen LogP contribution in [0.4, 0.5) is 0 Å². The molecule has 106 valence electrons. The minimum atomic E-state index is -1.10. The Hall–Kier alpha value is -2.25. The van der Waals surface area contributed by atoms with E-state index in [1.807, 2.05) is 24.3 Å². The van der Waals surface area contributed by atoms with E-state index in [4.69, 9.17) is 15.9 Å². The van der Waals surface area contributed by atoms with E-state index in [2.05, 4.69) is 10.3 Å². The Labute approximate surface area is 115 Å². The zero-order chi connectivity index (χ0) is 14.5. The van der Waals surface area contributed by atoms with Crippen molar-refractivity contribution in [2.75, 3.05) is 6.54 Å². The number of hydrogen-bond donors (Lipinski definition) is 3. The molecule has 1 aromatic carbocycles. The van der Waals surface area contributed by atoms with Crippen LogP contribution in [0.3, 0.4) is 0 Å². The predicted octanol–water partition coefficient (Wildman–Crippen LogP) is 0.0181. The molecule has 0 spiro atoms. The molecule has 0 aliphatic carbocycles. The second kappa shape index (κ2) is 6.27. The Morgan fingerprint density at radius 3 is 2.45 bits per heavy atom. The molecule has 1 aromatic heterocycles. The lowest BCUT2D eigenvalue weighted by Crippen LogP contribution is -2.14. The number of rotatable bonds is 6. The largest absolute Gasteiger partial charge is 0.476 e. The van der Waals surface area contributed by atoms with Crippen LogP contribution in [0.15, 0.2) is 24.3 Å². The van der Waals surface area contributed by atoms with E-state index in [-0.39, 0.29) is 12.3 Å². The van der Waals surface area contributed by atoms with Gasteiger partial charge in [-0.25, -0.2) is 9.48 Å². The first-order valence-corrected chi connectivity index (χ1v) is 6.20. The molecular weight excluding hydrogens is 260 g/mol. The van der Waals surface area contributed by atoms with Gasteiger partial charge >= 0.3 is 5.97 Å². The lowest BCUT2D eigenvalue weighted by molar-refractivity contribution is 0.0689. The van der Waals surface area contributed by atoms with E-state index in [0.717, 1.165) is 11.1 Å². The van der Waals surface area contributed by atoms with E-state index in [9.17, 15) is 4.79 Å². The van der Waals surface area contributed by atoms with E-state index in [1.54, 1.807) is 4.68 Å². The molecule has 0 radical (unpaired) electrons. The fourth-order valence-electron chi connectivity index (χ4n) is 1.93. The molecule has 0 aliphatic heterocycles. The first kappa shape index (κ1) is 14.2. The van der Waals surface area contributed by atoms with E-state index in [1.165, 1.54) is 0 Å². The maximum absolute atomic E-state index is 11.1. The van der Waals surface area contributed by atoms with Crippen molar-refractivity contribution in [2.24, 2.45) is 5.73 Å². The van der Waals surface area contributed by atoms with Gasteiger partial charge < -0.3 is 15.9 Å². The Morgan fingerprint density at radius 1 is 1.25 bits per heavy atom. The van der Waals surface area contributed by atoms with Gasteiger partial charge in [0, 0.05) is 6.42 Å². The van der Waals surface area contributed by atoms with Crippen LogP contribution in [0.5, 0.6) is 0 Å². The van der Waals surface area contributed by atoms with Gasteiger partial charge in [-0.1, -0.05) is 29.5 Å². The number of hydrogen-bond acceptors (Lipinski definition) is 5. The highest BCUT2D eigenvalue weighted by Crippen LogP contribution is 2.11. The summed E-state index contributed by atoms with van der Waals surface area (Å²) in [7, 11) is 0. The minimum absolute atomic E-state index is 0.00874. The molecule has 0 atom stereocenters. The summed E-state index contributed by atoms with van der Waals surface area (Å²) in [5, 5.41) is 25.6. The van der Waals surface area contributed by atoms with Crippen LogP contribution in [-0.2, 0) is 19.6 Å². The summed E-state index contributed by atoms with van der Waals surface area (Å²) in [4.78, 5) is 11.1. The van der Waals surface area contributed by atoms with Gasteiger partial charge in [-0.05, 0) is 17.7 Å². The number of carbonyl (C=O) groups is 1. The Kier molecular flexibility index (Phi) is 4.44. The molecule has 0 aliphatic rings. The smallest absolute Gasteiger partial charge is 0.358 e. The van der Waals surface area contributed by atoms with Gasteiger partial charge in [0.25, 0.3) is 0 Å². The molecule has 1 heterocycles. The van der Waals surface area contributed by atoms with Crippen LogP contribution in [0, 0.1) is 0 Å². The number of benzene rings is 1. The van der Waals surface area contributed by atoms with Crippen molar-refractivity contribution in [1.29, 1.82) is 0 Å². The molecule has 0 bridgehead atoms. The summed E-state index contributed by atoms with van der Waals surface area (Å²) in [6.45, 7) is 0.740. The van der Waals surface area contributed by atoms with E-state index >= 15 is 0 Å². The predicted molar refractivity (Wildman–Crippen MR) is 71.2 cm³/mol. The normalized spacial score (nSPS) is 10.7. The molecule has 2 rings (SSSR count). The average molecular weight is 276 g/mol. The fraction of sp³-hybridized carbons (Fsp3) is 0.308. The van der Waals surface area contributed by atoms with Crippen molar-refractivity contribution >= 4 is 5.97 Å². The maximum Gasteiger partial charge on any atom is 0.358 e. The maximum atomic E-state index is 11.1. The number of aliphatic hydroxyl groups excluding tert-OH is 1. The molecular formula is C13H16N4O3. The number of nitrogens with zero attached hydrogens (tertiary/aromatic N) is 3. The molecule has 7 nitrogen and oxygen atoms in total. The fourth-order valence-corrected chi connectivity index (χ4v) is 1.93. The molecule has 0 amide bonds. The van der Waals surface area contributed by atoms with Crippen LogP contribution in [-0.4, -0.2) is 37.7 Å². The standard InChI is InChI=1S/C13H16N4O3/c14-6-5-11-12(13(19)20)15-16-17(11)7-9-1-3-10(8-18)4-2-9/h1-4,18H,5-8,14H2,(H,19,20). The van der Waals surface area contributed by atoms with Crippen LogP contribution < -0.4 is 5.73 Å². The van der Waals surface area contributed by atoms with E-state index < -0.39 is 5.97 Å². The average Bonchev–Trinajstić information content (AvgIpc) is 2.83. The van der Waals surface area contributed by atoms with Gasteiger partial charge in [-0.2, -0.15) is 0 Å². The summed E-state index contributed by atoms with van der Waals surface area (Å²) < 4.78 is 1.55. The van der Waals surface area contributed by atoms with Crippen LogP contribution in [0.2, 0.25) is 0 Å². The van der Waals surface area contributed by atoms with Crippen molar-refractivity contribution in [1.82, 2.24) is 15.0 Å². The first-order chi connectivity index (χ1) is 9.65. The molecule has 20 heavy (non-hydrogen) atoms. The van der Waals surface area contributed by atoms with Gasteiger partial charge in [-0.15, -0.1) is 5.10 Å². The zero-order valence-electron chi connectivity index (χ0n) is 10.9. The minimum Gasteiger partial charge on any atom is -0.476 e. The van der Waals surface area contributed by atoms with Crippen molar-refractivity contribution in [3.63, 3.8) is 0 Å². The van der Waals surface area contributed by atoms with Crippen LogP contribution in [0.25, 0.3) is 0 Å². The third-order valence-corrected chi connectivity index (χ3v) is 2.96. The SMILES string of the molecule is NCCc1c(C(=O)O)nnn1Cc1ccc(CO)cc1. The van der Waals surface area contributed by atoms with E-state index in [0.29, 0.717) is 25.2 Å². The molecule has 0 fully saturated rings. The zero-order valence-corrected chi connectivity index (χ0v) is 10.9. The molecule has 7 heteroatoms. The summed E-state index contributed by atoms with van der Waals surface area (Å²) in [5.41, 5.74) is 7.73. The molecule has 0 saturated heterocycles. The summed E-state index contributed by atoms with van der Waals surface area (Å²) >= 11 is 0. The van der Waals surface area contributed by atoms with Gasteiger partial charge in [0.1, 0.15) is 0 Å². The topological polar surface area (TPSA) is 114 Å². The second-order valence-corrected chi connectivity index (χ2v) is 4.36.